The van der Waals surface area contributed by atoms with E-state index in [0.29, 0.717) is 22.0 Å². The van der Waals surface area contributed by atoms with Crippen molar-refractivity contribution in [1.82, 2.24) is 0 Å². The number of nitrogens with one attached hydrogen (secondary N) is 2. The lowest BCUT2D eigenvalue weighted by Gasteiger charge is -2.22. The number of likely N-dealkylation sites (tertiary alicyclic amines) is 1. The molecule has 0 spiro atoms. The molecule has 0 bridgehead atoms. The van der Waals surface area contributed by atoms with E-state index in [4.69, 9.17) is 9.47 Å². The Labute approximate surface area is 144 Å². The molecular formula is C16H23N2O5S+. The number of quaternary nitrogens is 1. The highest BCUT2D eigenvalue weighted by molar-refractivity contribution is 7.18. The van der Waals surface area contributed by atoms with Crippen LogP contribution in [-0.4, -0.2) is 51.7 Å². The average Bonchev–Trinajstić information content (AvgIpc) is 2.90. The van der Waals surface area contributed by atoms with E-state index in [-0.39, 0.29) is 11.5 Å². The minimum Gasteiger partial charge on any atom is -0.465 e. The predicted octanol–water partition coefficient (Wildman–Crippen LogP) is 0.637. The maximum Gasteiger partial charge on any atom is 0.348 e. The molecule has 2 heterocycles. The highest BCUT2D eigenvalue weighted by Crippen LogP contribution is 2.34. The monoisotopic (exact) mass is 355 g/mol. The van der Waals surface area contributed by atoms with Crippen LogP contribution < -0.4 is 10.2 Å². The number of hydrogen-bond acceptors (Lipinski definition) is 6. The summed E-state index contributed by atoms with van der Waals surface area (Å²) in [5, 5.41) is 3.10. The Hall–Kier alpha value is -1.93. The van der Waals surface area contributed by atoms with Gasteiger partial charge in [-0.3, -0.25) is 4.79 Å². The maximum atomic E-state index is 12.3. The minimum absolute atomic E-state index is 0.172. The number of esters is 2. The van der Waals surface area contributed by atoms with E-state index in [1.54, 1.807) is 6.92 Å². The Kier molecular flexibility index (Phi) is 6.33. The summed E-state index contributed by atoms with van der Waals surface area (Å²) in [5.41, 5.74) is 0.671. The number of rotatable bonds is 5. The molecule has 2 rings (SSSR count). The van der Waals surface area contributed by atoms with Crippen molar-refractivity contribution < 1.29 is 28.8 Å². The molecule has 1 amide bonds. The van der Waals surface area contributed by atoms with E-state index >= 15 is 0 Å². The molecule has 0 radical (unpaired) electrons. The Morgan fingerprint density at radius 2 is 1.71 bits per heavy atom. The number of amides is 1. The van der Waals surface area contributed by atoms with Gasteiger partial charge in [-0.15, -0.1) is 11.3 Å². The summed E-state index contributed by atoms with van der Waals surface area (Å²) in [6, 6.07) is 0. The lowest BCUT2D eigenvalue weighted by molar-refractivity contribution is -0.896. The summed E-state index contributed by atoms with van der Waals surface area (Å²) in [7, 11) is 2.54. The van der Waals surface area contributed by atoms with Gasteiger partial charge in [0.05, 0.1) is 32.9 Å². The zero-order valence-corrected chi connectivity index (χ0v) is 15.0. The van der Waals surface area contributed by atoms with Gasteiger partial charge in [-0.1, -0.05) is 0 Å². The van der Waals surface area contributed by atoms with Gasteiger partial charge in [-0.25, -0.2) is 9.59 Å². The van der Waals surface area contributed by atoms with Gasteiger partial charge in [0.1, 0.15) is 9.88 Å². The third-order valence-corrected chi connectivity index (χ3v) is 5.32. The van der Waals surface area contributed by atoms with Crippen LogP contribution in [0.1, 0.15) is 44.9 Å². The summed E-state index contributed by atoms with van der Waals surface area (Å²) >= 11 is 1.04. The first-order valence-corrected chi connectivity index (χ1v) is 8.73. The van der Waals surface area contributed by atoms with Crippen LogP contribution in [0, 0.1) is 6.92 Å². The van der Waals surface area contributed by atoms with Crippen LogP contribution in [0.4, 0.5) is 5.00 Å². The summed E-state index contributed by atoms with van der Waals surface area (Å²) in [5.74, 6) is -1.29. The molecule has 0 aromatic carbocycles. The predicted molar refractivity (Wildman–Crippen MR) is 89.8 cm³/mol. The molecule has 1 fully saturated rings. The molecule has 1 aromatic rings. The normalized spacial score (nSPS) is 15.0. The SMILES string of the molecule is COC(=O)c1sc(NC(=O)C[NH+]2CCCCC2)c(C(=O)OC)c1C. The number of carbonyl (C=O) groups excluding carboxylic acids is 3. The minimum atomic E-state index is -0.584. The van der Waals surface area contributed by atoms with Crippen molar-refractivity contribution in [3.63, 3.8) is 0 Å². The second-order valence-electron chi connectivity index (χ2n) is 5.78. The molecule has 1 aromatic heterocycles. The van der Waals surface area contributed by atoms with Crippen LogP contribution in [0.2, 0.25) is 0 Å². The first kappa shape index (κ1) is 18.4. The van der Waals surface area contributed by atoms with Crippen molar-refractivity contribution in [2.75, 3.05) is 39.2 Å². The second-order valence-corrected chi connectivity index (χ2v) is 6.80. The van der Waals surface area contributed by atoms with Gasteiger partial charge in [0.25, 0.3) is 5.91 Å². The second kappa shape index (κ2) is 8.25. The molecule has 0 saturated carbocycles. The standard InChI is InChI=1S/C16H22N2O5S/c1-10-12(15(20)22-2)14(24-13(10)16(21)23-3)17-11(19)9-18-7-5-4-6-8-18/h4-9H2,1-3H3,(H,17,19)/p+1. The number of methoxy groups -OCH3 is 2. The Bertz CT molecular complexity index is 635. The van der Waals surface area contributed by atoms with E-state index < -0.39 is 11.9 Å². The number of thiophene rings is 1. The van der Waals surface area contributed by atoms with Crippen molar-refractivity contribution in [1.29, 1.82) is 0 Å². The first-order valence-electron chi connectivity index (χ1n) is 7.91. The largest absolute Gasteiger partial charge is 0.465 e. The number of piperidine rings is 1. The third kappa shape index (κ3) is 4.12. The van der Waals surface area contributed by atoms with Crippen molar-refractivity contribution >= 4 is 34.2 Å². The first-order chi connectivity index (χ1) is 11.5. The number of hydrogen-bond donors (Lipinski definition) is 2. The molecule has 8 heteroatoms. The molecule has 1 aliphatic rings. The molecular weight excluding hydrogens is 332 g/mol. The van der Waals surface area contributed by atoms with Crippen LogP contribution in [0.3, 0.4) is 0 Å². The van der Waals surface area contributed by atoms with Gasteiger partial charge in [-0.05, 0) is 31.7 Å². The molecule has 0 atom stereocenters. The van der Waals surface area contributed by atoms with Gasteiger partial charge in [-0.2, -0.15) is 0 Å². The molecule has 0 unspecified atom stereocenters. The van der Waals surface area contributed by atoms with Crippen molar-refractivity contribution in [2.45, 2.75) is 26.2 Å². The lowest BCUT2D eigenvalue weighted by Crippen LogP contribution is -3.13. The summed E-state index contributed by atoms with van der Waals surface area (Å²) < 4.78 is 9.50. The van der Waals surface area contributed by atoms with Gasteiger partial charge < -0.3 is 19.7 Å². The Morgan fingerprint density at radius 1 is 1.08 bits per heavy atom. The lowest BCUT2D eigenvalue weighted by atomic mass is 10.1. The van der Waals surface area contributed by atoms with E-state index in [0.717, 1.165) is 37.3 Å². The number of anilines is 1. The van der Waals surface area contributed by atoms with E-state index in [1.165, 1.54) is 25.5 Å². The molecule has 0 aliphatic carbocycles. The molecule has 24 heavy (non-hydrogen) atoms. The fourth-order valence-corrected chi connectivity index (χ4v) is 3.99. The number of ether oxygens (including phenoxy) is 2. The van der Waals surface area contributed by atoms with Gasteiger partial charge in [0, 0.05) is 0 Å². The highest BCUT2D eigenvalue weighted by Gasteiger charge is 2.27. The Balaban J connectivity index is 2.19. The third-order valence-electron chi connectivity index (χ3n) is 4.13. The topological polar surface area (TPSA) is 86.1 Å². The molecule has 7 nitrogen and oxygen atoms in total. The summed E-state index contributed by atoms with van der Waals surface area (Å²) in [6.07, 6.45) is 3.46. The van der Waals surface area contributed by atoms with Gasteiger partial charge >= 0.3 is 11.9 Å². The van der Waals surface area contributed by atoms with Gasteiger partial charge in [0.2, 0.25) is 0 Å². The zero-order chi connectivity index (χ0) is 17.7. The molecule has 132 valence electrons. The van der Waals surface area contributed by atoms with E-state index in [1.807, 2.05) is 0 Å². The van der Waals surface area contributed by atoms with Crippen LogP contribution in [0.15, 0.2) is 0 Å². The van der Waals surface area contributed by atoms with Gasteiger partial charge in [0.15, 0.2) is 6.54 Å². The highest BCUT2D eigenvalue weighted by atomic mass is 32.1. The van der Waals surface area contributed by atoms with Crippen molar-refractivity contribution in [3.8, 4) is 0 Å². The molecule has 2 N–H and O–H groups in total. The maximum absolute atomic E-state index is 12.3. The fourth-order valence-electron chi connectivity index (χ4n) is 2.86. The van der Waals surface area contributed by atoms with Crippen LogP contribution in [0.5, 0.6) is 0 Å². The zero-order valence-electron chi connectivity index (χ0n) is 14.2. The summed E-state index contributed by atoms with van der Waals surface area (Å²) in [4.78, 5) is 37.7. The Morgan fingerprint density at radius 3 is 2.29 bits per heavy atom. The number of carbonyl (C=O) groups is 3. The van der Waals surface area contributed by atoms with Crippen LogP contribution in [-0.2, 0) is 14.3 Å². The molecule has 1 saturated heterocycles. The van der Waals surface area contributed by atoms with E-state index in [2.05, 4.69) is 5.32 Å². The van der Waals surface area contributed by atoms with Crippen LogP contribution in [0.25, 0.3) is 0 Å². The average molecular weight is 355 g/mol. The smallest absolute Gasteiger partial charge is 0.348 e. The van der Waals surface area contributed by atoms with Crippen molar-refractivity contribution in [2.24, 2.45) is 0 Å². The molecule has 1 aliphatic heterocycles. The summed E-state index contributed by atoms with van der Waals surface area (Å²) in [6.45, 7) is 3.95. The van der Waals surface area contributed by atoms with Crippen LogP contribution >= 0.6 is 11.3 Å². The van der Waals surface area contributed by atoms with E-state index in [9.17, 15) is 14.4 Å². The fraction of sp³-hybridized carbons (Fsp3) is 0.562. The quantitative estimate of drug-likeness (QED) is 0.757. The van der Waals surface area contributed by atoms with Crippen molar-refractivity contribution in [3.05, 3.63) is 16.0 Å².